The molecule has 0 aliphatic rings. The Morgan fingerprint density at radius 2 is 1.59 bits per heavy atom. The van der Waals surface area contributed by atoms with E-state index in [1.54, 1.807) is 55.6 Å². The largest absolute Gasteiger partial charge is 0.497 e. The lowest BCUT2D eigenvalue weighted by atomic mass is 10.2. The molecule has 29 heavy (non-hydrogen) atoms. The van der Waals surface area contributed by atoms with E-state index in [9.17, 15) is 14.9 Å². The summed E-state index contributed by atoms with van der Waals surface area (Å²) in [7, 11) is 1.59. The number of carbonyl (C=O) groups excluding carboxylic acids is 2. The number of carbonyl (C=O) groups is 2. The van der Waals surface area contributed by atoms with Crippen molar-refractivity contribution < 1.29 is 19.1 Å². The van der Waals surface area contributed by atoms with Crippen LogP contribution in [0.3, 0.4) is 0 Å². The van der Waals surface area contributed by atoms with Crippen LogP contribution < -0.4 is 25.4 Å². The number of methoxy groups -OCH3 is 1. The Bertz CT molecular complexity index is 900. The van der Waals surface area contributed by atoms with E-state index in [0.717, 1.165) is 5.75 Å². The fourth-order valence-electron chi connectivity index (χ4n) is 2.26. The van der Waals surface area contributed by atoms with E-state index in [4.69, 9.17) is 9.47 Å². The van der Waals surface area contributed by atoms with E-state index < -0.39 is 5.91 Å². The normalized spacial score (nSPS) is 10.4. The highest BCUT2D eigenvalue weighted by atomic mass is 16.5. The topological polar surface area (TPSA) is 112 Å². The molecule has 8 heteroatoms. The molecule has 2 aromatic carbocycles. The van der Waals surface area contributed by atoms with Crippen LogP contribution in [0.25, 0.3) is 0 Å². The highest BCUT2D eigenvalue weighted by Crippen LogP contribution is 2.17. The maximum absolute atomic E-state index is 12.2. The number of rotatable bonds is 9. The van der Waals surface area contributed by atoms with Crippen molar-refractivity contribution in [3.8, 4) is 17.6 Å². The first-order valence-electron chi connectivity index (χ1n) is 8.81. The van der Waals surface area contributed by atoms with Crippen molar-refractivity contribution in [2.45, 2.75) is 6.92 Å². The first-order chi connectivity index (χ1) is 14.0. The third kappa shape index (κ3) is 7.27. The molecule has 3 N–H and O–H groups in total. The molecule has 0 aliphatic heterocycles. The van der Waals surface area contributed by atoms with Gasteiger partial charge in [0.2, 0.25) is 5.91 Å². The molecule has 0 saturated carbocycles. The fraction of sp³-hybridized carbons (Fsp3) is 0.190. The summed E-state index contributed by atoms with van der Waals surface area (Å²) in [4.78, 5) is 23.2. The van der Waals surface area contributed by atoms with E-state index in [1.807, 2.05) is 6.07 Å². The Morgan fingerprint density at radius 3 is 2.14 bits per heavy atom. The number of nitriles is 1. The molecule has 0 saturated heterocycles. The molecule has 2 aromatic rings. The zero-order chi connectivity index (χ0) is 21.1. The number of amides is 2. The summed E-state index contributed by atoms with van der Waals surface area (Å²) in [5, 5.41) is 17.3. The Balaban J connectivity index is 1.79. The van der Waals surface area contributed by atoms with E-state index in [0.29, 0.717) is 30.3 Å². The van der Waals surface area contributed by atoms with E-state index in [2.05, 4.69) is 16.0 Å². The molecule has 150 valence electrons. The smallest absolute Gasteiger partial charge is 0.267 e. The van der Waals surface area contributed by atoms with Gasteiger partial charge in [-0.25, -0.2) is 0 Å². The summed E-state index contributed by atoms with van der Waals surface area (Å²) in [6.45, 7) is 2.18. The SMILES string of the molecule is COc1ccc(OCCN/C=C(/C#N)C(=O)Nc2ccc(NC(C)=O)cc2)cc1. The maximum atomic E-state index is 12.2. The van der Waals surface area contributed by atoms with Crippen molar-refractivity contribution in [2.75, 3.05) is 30.9 Å². The van der Waals surface area contributed by atoms with Gasteiger partial charge in [0, 0.05) is 31.0 Å². The predicted octanol–water partition coefficient (Wildman–Crippen LogP) is 2.67. The predicted molar refractivity (Wildman–Crippen MR) is 110 cm³/mol. The molecule has 0 heterocycles. The van der Waals surface area contributed by atoms with E-state index in [1.165, 1.54) is 13.1 Å². The van der Waals surface area contributed by atoms with Gasteiger partial charge >= 0.3 is 0 Å². The number of anilines is 2. The van der Waals surface area contributed by atoms with Crippen LogP contribution in [-0.4, -0.2) is 32.1 Å². The summed E-state index contributed by atoms with van der Waals surface area (Å²) in [5.74, 6) is 0.715. The monoisotopic (exact) mass is 394 g/mol. The van der Waals surface area contributed by atoms with Gasteiger partial charge in [0.1, 0.15) is 29.7 Å². The van der Waals surface area contributed by atoms with Gasteiger partial charge in [-0.1, -0.05) is 0 Å². The van der Waals surface area contributed by atoms with Gasteiger partial charge in [0.15, 0.2) is 0 Å². The van der Waals surface area contributed by atoms with Gasteiger partial charge in [0.25, 0.3) is 5.91 Å². The van der Waals surface area contributed by atoms with Crippen LogP contribution in [0.1, 0.15) is 6.92 Å². The van der Waals surface area contributed by atoms with Crippen molar-refractivity contribution in [3.05, 3.63) is 60.3 Å². The van der Waals surface area contributed by atoms with Crippen LogP contribution in [0, 0.1) is 11.3 Å². The molecule has 0 fully saturated rings. The Morgan fingerprint density at radius 1 is 1.00 bits per heavy atom. The van der Waals surface area contributed by atoms with Gasteiger partial charge < -0.3 is 25.4 Å². The van der Waals surface area contributed by atoms with Gasteiger partial charge in [0.05, 0.1) is 7.11 Å². The van der Waals surface area contributed by atoms with Crippen LogP contribution in [0.5, 0.6) is 11.5 Å². The lowest BCUT2D eigenvalue weighted by Crippen LogP contribution is -2.20. The van der Waals surface area contributed by atoms with Crippen molar-refractivity contribution in [3.63, 3.8) is 0 Å². The second-order valence-corrected chi connectivity index (χ2v) is 5.86. The molecule has 0 bridgehead atoms. The first-order valence-corrected chi connectivity index (χ1v) is 8.81. The summed E-state index contributed by atoms with van der Waals surface area (Å²) >= 11 is 0. The third-order valence-corrected chi connectivity index (χ3v) is 3.65. The zero-order valence-electron chi connectivity index (χ0n) is 16.2. The molecular weight excluding hydrogens is 372 g/mol. The van der Waals surface area contributed by atoms with Crippen LogP contribution in [0.2, 0.25) is 0 Å². The summed E-state index contributed by atoms with van der Waals surface area (Å²) < 4.78 is 10.6. The van der Waals surface area contributed by atoms with Gasteiger partial charge in [-0.15, -0.1) is 0 Å². The molecule has 0 unspecified atom stereocenters. The van der Waals surface area contributed by atoms with Gasteiger partial charge in [-0.2, -0.15) is 5.26 Å². The number of nitrogens with one attached hydrogen (secondary N) is 3. The number of ether oxygens (including phenoxy) is 2. The van der Waals surface area contributed by atoms with Crippen molar-refractivity contribution in [1.82, 2.24) is 5.32 Å². The van der Waals surface area contributed by atoms with E-state index in [-0.39, 0.29) is 11.5 Å². The zero-order valence-corrected chi connectivity index (χ0v) is 16.2. The second kappa shape index (κ2) is 11.0. The molecular formula is C21H22N4O4. The van der Waals surface area contributed by atoms with E-state index >= 15 is 0 Å². The average Bonchev–Trinajstić information content (AvgIpc) is 2.72. The van der Waals surface area contributed by atoms with Gasteiger partial charge in [-0.3, -0.25) is 9.59 Å². The number of benzene rings is 2. The quantitative estimate of drug-likeness (QED) is 0.342. The Labute approximate surface area is 169 Å². The molecule has 0 atom stereocenters. The van der Waals surface area contributed by atoms with Crippen LogP contribution in [0.4, 0.5) is 11.4 Å². The maximum Gasteiger partial charge on any atom is 0.267 e. The lowest BCUT2D eigenvalue weighted by Gasteiger charge is -2.08. The van der Waals surface area contributed by atoms with Crippen molar-refractivity contribution in [1.29, 1.82) is 5.26 Å². The Hall–Kier alpha value is -3.99. The van der Waals surface area contributed by atoms with Crippen LogP contribution in [-0.2, 0) is 9.59 Å². The Kier molecular flexibility index (Phi) is 8.08. The molecule has 2 amide bonds. The highest BCUT2D eigenvalue weighted by molar-refractivity contribution is 6.06. The number of hydrogen-bond acceptors (Lipinski definition) is 6. The minimum Gasteiger partial charge on any atom is -0.497 e. The molecule has 2 rings (SSSR count). The fourth-order valence-corrected chi connectivity index (χ4v) is 2.26. The summed E-state index contributed by atoms with van der Waals surface area (Å²) in [6.07, 6.45) is 1.35. The third-order valence-electron chi connectivity index (χ3n) is 3.65. The standard InChI is InChI=1S/C21H22N4O4/c1-15(26)24-17-3-5-18(6-4-17)25-21(27)16(13-22)14-23-11-12-29-20-9-7-19(28-2)8-10-20/h3-10,14,23H,11-12H2,1-2H3,(H,24,26)(H,25,27)/b16-14-. The molecule has 0 radical (unpaired) electrons. The number of nitrogens with zero attached hydrogens (tertiary/aromatic N) is 1. The minimum absolute atomic E-state index is 0.0691. The highest BCUT2D eigenvalue weighted by Gasteiger charge is 2.09. The molecule has 0 spiro atoms. The summed E-state index contributed by atoms with van der Waals surface area (Å²) in [6, 6.07) is 15.6. The van der Waals surface area contributed by atoms with Crippen LogP contribution >= 0.6 is 0 Å². The average molecular weight is 394 g/mol. The molecule has 0 aliphatic carbocycles. The molecule has 8 nitrogen and oxygen atoms in total. The van der Waals surface area contributed by atoms with Crippen molar-refractivity contribution >= 4 is 23.2 Å². The van der Waals surface area contributed by atoms with Crippen molar-refractivity contribution in [2.24, 2.45) is 0 Å². The minimum atomic E-state index is -0.539. The lowest BCUT2D eigenvalue weighted by molar-refractivity contribution is -0.114. The second-order valence-electron chi connectivity index (χ2n) is 5.86. The first kappa shape index (κ1) is 21.3. The summed E-state index contributed by atoms with van der Waals surface area (Å²) in [5.41, 5.74) is 1.05. The number of hydrogen-bond donors (Lipinski definition) is 3. The van der Waals surface area contributed by atoms with Crippen LogP contribution in [0.15, 0.2) is 60.3 Å². The molecule has 0 aromatic heterocycles. The van der Waals surface area contributed by atoms with Gasteiger partial charge in [-0.05, 0) is 48.5 Å².